The molecule has 1 heterocycles. The van der Waals surface area contributed by atoms with E-state index < -0.39 is 11.9 Å². The second-order valence-electron chi connectivity index (χ2n) is 6.85. The van der Waals surface area contributed by atoms with Crippen LogP contribution in [0, 0.1) is 0 Å². The third-order valence-electron chi connectivity index (χ3n) is 4.83. The Balaban J connectivity index is 1.55. The van der Waals surface area contributed by atoms with Crippen LogP contribution in [0.4, 0.5) is 0 Å². The SMILES string of the molecule is CCc1cccc(OCCOC(=O)c2ccc3c(c2)C(=O)N(CCCOC)C3=O)c1. The number of ether oxygens (including phenoxy) is 3. The molecule has 30 heavy (non-hydrogen) atoms. The molecule has 7 heteroatoms. The fourth-order valence-electron chi connectivity index (χ4n) is 3.22. The van der Waals surface area contributed by atoms with Gasteiger partial charge in [-0.3, -0.25) is 14.5 Å². The van der Waals surface area contributed by atoms with Gasteiger partial charge in [-0.1, -0.05) is 19.1 Å². The van der Waals surface area contributed by atoms with Gasteiger partial charge in [0.1, 0.15) is 19.0 Å². The molecule has 2 aromatic rings. The van der Waals surface area contributed by atoms with Crippen LogP contribution in [0.15, 0.2) is 42.5 Å². The van der Waals surface area contributed by atoms with E-state index in [-0.39, 0.29) is 36.8 Å². The molecule has 0 fully saturated rings. The molecule has 0 radical (unpaired) electrons. The zero-order valence-corrected chi connectivity index (χ0v) is 17.2. The van der Waals surface area contributed by atoms with Crippen LogP contribution in [-0.4, -0.2) is 56.2 Å². The summed E-state index contributed by atoms with van der Waals surface area (Å²) in [7, 11) is 1.56. The molecule has 158 valence electrons. The molecule has 2 amide bonds. The van der Waals surface area contributed by atoms with E-state index in [2.05, 4.69) is 6.92 Å². The van der Waals surface area contributed by atoms with Crippen molar-refractivity contribution >= 4 is 17.8 Å². The van der Waals surface area contributed by atoms with Crippen LogP contribution in [0.1, 0.15) is 50.0 Å². The third-order valence-corrected chi connectivity index (χ3v) is 4.83. The predicted molar refractivity (Wildman–Crippen MR) is 110 cm³/mol. The van der Waals surface area contributed by atoms with Crippen molar-refractivity contribution in [1.29, 1.82) is 0 Å². The van der Waals surface area contributed by atoms with Crippen LogP contribution in [-0.2, 0) is 15.9 Å². The number of hydrogen-bond donors (Lipinski definition) is 0. The average molecular weight is 411 g/mol. The number of rotatable bonds is 10. The Morgan fingerprint density at radius 3 is 2.53 bits per heavy atom. The topological polar surface area (TPSA) is 82.1 Å². The number of methoxy groups -OCH3 is 1. The lowest BCUT2D eigenvalue weighted by Gasteiger charge is -2.12. The molecule has 0 aromatic heterocycles. The first-order valence-corrected chi connectivity index (χ1v) is 9.93. The number of carbonyl (C=O) groups excluding carboxylic acids is 3. The fourth-order valence-corrected chi connectivity index (χ4v) is 3.22. The smallest absolute Gasteiger partial charge is 0.338 e. The number of amides is 2. The van der Waals surface area contributed by atoms with Crippen LogP contribution < -0.4 is 4.74 Å². The summed E-state index contributed by atoms with van der Waals surface area (Å²) in [6, 6.07) is 12.1. The van der Waals surface area contributed by atoms with Gasteiger partial charge < -0.3 is 14.2 Å². The summed E-state index contributed by atoms with van der Waals surface area (Å²) >= 11 is 0. The zero-order valence-electron chi connectivity index (χ0n) is 17.2. The Labute approximate surface area is 175 Å². The molecule has 1 aliphatic rings. The summed E-state index contributed by atoms with van der Waals surface area (Å²) < 4.78 is 15.8. The minimum absolute atomic E-state index is 0.0717. The summed E-state index contributed by atoms with van der Waals surface area (Å²) in [4.78, 5) is 38.5. The summed E-state index contributed by atoms with van der Waals surface area (Å²) in [5, 5.41) is 0. The normalized spacial score (nSPS) is 12.8. The molecule has 1 aliphatic heterocycles. The number of nitrogens with zero attached hydrogens (tertiary/aromatic N) is 1. The highest BCUT2D eigenvalue weighted by molar-refractivity contribution is 6.21. The van der Waals surface area contributed by atoms with Crippen LogP contribution >= 0.6 is 0 Å². The lowest BCUT2D eigenvalue weighted by Crippen LogP contribution is -2.31. The van der Waals surface area contributed by atoms with Crippen LogP contribution in [0.3, 0.4) is 0 Å². The Bertz CT molecular complexity index is 939. The standard InChI is InChI=1S/C23H25NO6/c1-3-16-6-4-7-18(14-16)29-12-13-30-23(27)17-8-9-19-20(15-17)22(26)24(21(19)25)10-5-11-28-2/h4,6-9,14-15H,3,5,10-13H2,1-2H3. The maximum absolute atomic E-state index is 12.5. The highest BCUT2D eigenvalue weighted by atomic mass is 16.6. The third kappa shape index (κ3) is 4.86. The Kier molecular flexibility index (Phi) is 7.19. The monoisotopic (exact) mass is 411 g/mol. The largest absolute Gasteiger partial charge is 0.490 e. The van der Waals surface area contributed by atoms with Gasteiger partial charge >= 0.3 is 5.97 Å². The molecule has 0 saturated heterocycles. The molecule has 0 saturated carbocycles. The highest BCUT2D eigenvalue weighted by Crippen LogP contribution is 2.24. The molecular formula is C23H25NO6. The van der Waals surface area contributed by atoms with E-state index in [1.807, 2.05) is 24.3 Å². The van der Waals surface area contributed by atoms with Crippen molar-refractivity contribution in [2.45, 2.75) is 19.8 Å². The lowest BCUT2D eigenvalue weighted by molar-refractivity contribution is 0.0450. The second kappa shape index (κ2) is 10.0. The van der Waals surface area contributed by atoms with Crippen molar-refractivity contribution in [2.24, 2.45) is 0 Å². The quantitative estimate of drug-likeness (QED) is 0.339. The van der Waals surface area contributed by atoms with E-state index >= 15 is 0 Å². The Morgan fingerprint density at radius 2 is 1.77 bits per heavy atom. The summed E-state index contributed by atoms with van der Waals surface area (Å²) in [5.74, 6) is -0.601. The van der Waals surface area contributed by atoms with Gasteiger partial charge in [0.2, 0.25) is 0 Å². The van der Waals surface area contributed by atoms with Crippen molar-refractivity contribution in [3.63, 3.8) is 0 Å². The second-order valence-corrected chi connectivity index (χ2v) is 6.85. The number of hydrogen-bond acceptors (Lipinski definition) is 6. The Hall–Kier alpha value is -3.19. The molecule has 0 aliphatic carbocycles. The van der Waals surface area contributed by atoms with Gasteiger partial charge in [-0.2, -0.15) is 0 Å². The first-order chi connectivity index (χ1) is 14.5. The van der Waals surface area contributed by atoms with E-state index in [1.54, 1.807) is 7.11 Å². The van der Waals surface area contributed by atoms with Crippen molar-refractivity contribution in [3.05, 3.63) is 64.7 Å². The first-order valence-electron chi connectivity index (χ1n) is 9.93. The van der Waals surface area contributed by atoms with Crippen LogP contribution in [0.2, 0.25) is 0 Å². The van der Waals surface area contributed by atoms with E-state index in [9.17, 15) is 14.4 Å². The van der Waals surface area contributed by atoms with E-state index in [1.165, 1.54) is 23.1 Å². The van der Waals surface area contributed by atoms with Crippen molar-refractivity contribution in [2.75, 3.05) is 33.5 Å². The minimum atomic E-state index is -0.568. The van der Waals surface area contributed by atoms with Gasteiger partial charge in [0.05, 0.1) is 16.7 Å². The van der Waals surface area contributed by atoms with Gasteiger partial charge in [-0.25, -0.2) is 4.79 Å². The van der Waals surface area contributed by atoms with Gasteiger partial charge in [0, 0.05) is 20.3 Å². The first kappa shape index (κ1) is 21.5. The molecule has 0 atom stereocenters. The average Bonchev–Trinajstić information content (AvgIpc) is 3.01. The number of esters is 1. The Morgan fingerprint density at radius 1 is 0.967 bits per heavy atom. The number of imide groups is 1. The van der Waals surface area contributed by atoms with E-state index in [0.29, 0.717) is 18.6 Å². The molecule has 0 spiro atoms. The zero-order chi connectivity index (χ0) is 21.5. The summed E-state index contributed by atoms with van der Waals surface area (Å²) in [6.45, 7) is 3.08. The highest BCUT2D eigenvalue weighted by Gasteiger charge is 2.35. The molecule has 0 N–H and O–H groups in total. The number of carbonyl (C=O) groups is 3. The predicted octanol–water partition coefficient (Wildman–Crippen LogP) is 3.12. The van der Waals surface area contributed by atoms with E-state index in [4.69, 9.17) is 14.2 Å². The summed E-state index contributed by atoms with van der Waals surface area (Å²) in [5.41, 5.74) is 1.91. The minimum Gasteiger partial charge on any atom is -0.490 e. The maximum atomic E-state index is 12.5. The maximum Gasteiger partial charge on any atom is 0.338 e. The number of aryl methyl sites for hydroxylation is 1. The van der Waals surface area contributed by atoms with Gasteiger partial charge in [0.15, 0.2) is 0 Å². The molecule has 0 bridgehead atoms. The molecule has 0 unspecified atom stereocenters. The van der Waals surface area contributed by atoms with Crippen LogP contribution in [0.5, 0.6) is 5.75 Å². The van der Waals surface area contributed by atoms with Crippen molar-refractivity contribution in [1.82, 2.24) is 4.90 Å². The number of fused-ring (bicyclic) bond motifs is 1. The van der Waals surface area contributed by atoms with Crippen LogP contribution in [0.25, 0.3) is 0 Å². The molecule has 7 nitrogen and oxygen atoms in total. The van der Waals surface area contributed by atoms with Gasteiger partial charge in [-0.05, 0) is 48.7 Å². The fraction of sp³-hybridized carbons (Fsp3) is 0.348. The molecule has 2 aromatic carbocycles. The van der Waals surface area contributed by atoms with Gasteiger partial charge in [-0.15, -0.1) is 0 Å². The van der Waals surface area contributed by atoms with Gasteiger partial charge in [0.25, 0.3) is 11.8 Å². The number of benzene rings is 2. The molecular weight excluding hydrogens is 386 g/mol. The summed E-state index contributed by atoms with van der Waals surface area (Å²) in [6.07, 6.45) is 1.47. The lowest BCUT2D eigenvalue weighted by atomic mass is 10.1. The van der Waals surface area contributed by atoms with Crippen molar-refractivity contribution in [3.8, 4) is 5.75 Å². The van der Waals surface area contributed by atoms with Crippen molar-refractivity contribution < 1.29 is 28.6 Å². The molecule has 3 rings (SSSR count). The van der Waals surface area contributed by atoms with E-state index in [0.717, 1.165) is 17.7 Å².